The fourth-order valence-electron chi connectivity index (χ4n) is 1.68. The van der Waals surface area contributed by atoms with Crippen LogP contribution in [-0.4, -0.2) is 19.6 Å². The normalized spacial score (nSPS) is 11.2. The molecule has 0 atom stereocenters. The van der Waals surface area contributed by atoms with Crippen molar-refractivity contribution >= 4 is 21.4 Å². The fraction of sp³-hybridized carbons (Fsp3) is 0.167. The van der Waals surface area contributed by atoms with E-state index in [4.69, 9.17) is 4.42 Å². The van der Waals surface area contributed by atoms with Crippen LogP contribution in [0.15, 0.2) is 45.7 Å². The molecule has 2 rings (SSSR count). The molecule has 0 bridgehead atoms. The minimum Gasteiger partial charge on any atom is -0.404 e. The number of benzene rings is 1. The molecule has 1 aromatic heterocycles. The van der Waals surface area contributed by atoms with Gasteiger partial charge < -0.3 is 9.73 Å². The molecule has 0 radical (unpaired) electrons. The van der Waals surface area contributed by atoms with Gasteiger partial charge in [0.15, 0.2) is 9.84 Å². The Morgan fingerprint density at radius 2 is 1.95 bits per heavy atom. The van der Waals surface area contributed by atoms with E-state index >= 15 is 0 Å². The van der Waals surface area contributed by atoms with Crippen LogP contribution in [0.2, 0.25) is 0 Å². The SMILES string of the molecule is CS(=O)(=O)c1ccccc1NCc1ccc([N+](=O)[O-])o1. The Balaban J connectivity index is 2.17. The summed E-state index contributed by atoms with van der Waals surface area (Å²) < 4.78 is 28.2. The standard InChI is InChI=1S/C12H12N2O5S/c1-20(17,18)11-5-3-2-4-10(11)13-8-9-6-7-12(19-9)14(15)16/h2-7,13H,8H2,1H3. The number of nitro groups is 1. The second kappa shape index (κ2) is 5.33. The molecule has 0 saturated heterocycles. The number of furan rings is 1. The third kappa shape index (κ3) is 3.15. The molecule has 8 heteroatoms. The van der Waals surface area contributed by atoms with Crippen LogP contribution in [0.25, 0.3) is 0 Å². The highest BCUT2D eigenvalue weighted by atomic mass is 32.2. The highest BCUT2D eigenvalue weighted by molar-refractivity contribution is 7.90. The van der Waals surface area contributed by atoms with Gasteiger partial charge in [-0.2, -0.15) is 0 Å². The van der Waals surface area contributed by atoms with Crippen LogP contribution >= 0.6 is 0 Å². The van der Waals surface area contributed by atoms with Crippen molar-refractivity contribution in [2.75, 3.05) is 11.6 Å². The Morgan fingerprint density at radius 1 is 1.25 bits per heavy atom. The van der Waals surface area contributed by atoms with Crippen LogP contribution in [0, 0.1) is 10.1 Å². The lowest BCUT2D eigenvalue weighted by Gasteiger charge is -2.09. The first-order chi connectivity index (χ1) is 9.38. The van der Waals surface area contributed by atoms with Crippen molar-refractivity contribution in [3.63, 3.8) is 0 Å². The molecule has 1 aromatic carbocycles. The van der Waals surface area contributed by atoms with Gasteiger partial charge in [-0.1, -0.05) is 12.1 Å². The summed E-state index contributed by atoms with van der Waals surface area (Å²) in [5.41, 5.74) is 0.425. The van der Waals surface area contributed by atoms with Gasteiger partial charge in [-0.3, -0.25) is 10.1 Å². The van der Waals surface area contributed by atoms with Crippen LogP contribution in [-0.2, 0) is 16.4 Å². The van der Waals surface area contributed by atoms with E-state index in [1.807, 2.05) is 0 Å². The Kier molecular flexibility index (Phi) is 3.75. The molecule has 0 fully saturated rings. The number of rotatable bonds is 5. The van der Waals surface area contributed by atoms with Crippen LogP contribution in [0.4, 0.5) is 11.6 Å². The first kappa shape index (κ1) is 14.1. The molecule has 0 amide bonds. The Bertz CT molecular complexity index is 736. The topological polar surface area (TPSA) is 102 Å². The zero-order valence-corrected chi connectivity index (χ0v) is 11.4. The van der Waals surface area contributed by atoms with Crippen molar-refractivity contribution in [3.05, 3.63) is 52.3 Å². The smallest absolute Gasteiger partial charge is 0.404 e. The average molecular weight is 296 g/mol. The summed E-state index contributed by atoms with van der Waals surface area (Å²) in [6.07, 6.45) is 1.12. The number of para-hydroxylation sites is 1. The lowest BCUT2D eigenvalue weighted by molar-refractivity contribution is -0.402. The van der Waals surface area contributed by atoms with E-state index in [1.165, 1.54) is 18.2 Å². The third-order valence-corrected chi connectivity index (χ3v) is 3.72. The molecule has 20 heavy (non-hydrogen) atoms. The van der Waals surface area contributed by atoms with Crippen LogP contribution in [0.3, 0.4) is 0 Å². The van der Waals surface area contributed by atoms with E-state index in [0.29, 0.717) is 11.4 Å². The second-order valence-corrected chi connectivity index (χ2v) is 6.10. The first-order valence-electron chi connectivity index (χ1n) is 5.64. The summed E-state index contributed by atoms with van der Waals surface area (Å²) in [6, 6.07) is 9.14. The number of hydrogen-bond acceptors (Lipinski definition) is 6. The number of sulfone groups is 1. The van der Waals surface area contributed by atoms with Crippen molar-refractivity contribution in [1.29, 1.82) is 0 Å². The highest BCUT2D eigenvalue weighted by Crippen LogP contribution is 2.22. The van der Waals surface area contributed by atoms with Crippen LogP contribution in [0.5, 0.6) is 0 Å². The monoisotopic (exact) mass is 296 g/mol. The molecule has 0 unspecified atom stereocenters. The predicted octanol–water partition coefficient (Wildman–Crippen LogP) is 2.20. The number of hydrogen-bond donors (Lipinski definition) is 1. The molecule has 2 aromatic rings. The van der Waals surface area contributed by atoms with Gasteiger partial charge in [-0.25, -0.2) is 8.42 Å². The molecule has 1 N–H and O–H groups in total. The molecule has 0 spiro atoms. The largest absolute Gasteiger partial charge is 0.433 e. The van der Waals surface area contributed by atoms with E-state index in [0.717, 1.165) is 6.26 Å². The van der Waals surface area contributed by atoms with Crippen LogP contribution < -0.4 is 5.32 Å². The third-order valence-electron chi connectivity index (χ3n) is 2.57. The van der Waals surface area contributed by atoms with Crippen molar-refractivity contribution in [2.45, 2.75) is 11.4 Å². The summed E-state index contributed by atoms with van der Waals surface area (Å²) in [7, 11) is -3.35. The summed E-state index contributed by atoms with van der Waals surface area (Å²) in [6.45, 7) is 0.153. The second-order valence-electron chi connectivity index (χ2n) is 4.12. The van der Waals surface area contributed by atoms with Gasteiger partial charge in [0.25, 0.3) is 0 Å². The predicted molar refractivity (Wildman–Crippen MR) is 72.2 cm³/mol. The molecule has 7 nitrogen and oxygen atoms in total. The first-order valence-corrected chi connectivity index (χ1v) is 7.53. The quantitative estimate of drug-likeness (QED) is 0.670. The lowest BCUT2D eigenvalue weighted by atomic mass is 10.3. The Morgan fingerprint density at radius 3 is 2.55 bits per heavy atom. The van der Waals surface area contributed by atoms with Crippen molar-refractivity contribution in [1.82, 2.24) is 0 Å². The van der Waals surface area contributed by atoms with Gasteiger partial charge in [0.1, 0.15) is 10.7 Å². The van der Waals surface area contributed by atoms with Crippen molar-refractivity contribution in [3.8, 4) is 0 Å². The summed E-state index contributed by atoms with van der Waals surface area (Å²) in [4.78, 5) is 10.0. The minimum absolute atomic E-state index is 0.153. The van der Waals surface area contributed by atoms with E-state index in [9.17, 15) is 18.5 Å². The summed E-state index contributed by atoms with van der Waals surface area (Å²) >= 11 is 0. The van der Waals surface area contributed by atoms with E-state index in [2.05, 4.69) is 5.32 Å². The van der Waals surface area contributed by atoms with Gasteiger partial charge in [0.05, 0.1) is 23.2 Å². The van der Waals surface area contributed by atoms with E-state index < -0.39 is 14.8 Å². The molecule has 106 valence electrons. The highest BCUT2D eigenvalue weighted by Gasteiger charge is 2.14. The molecular formula is C12H12N2O5S. The van der Waals surface area contributed by atoms with Gasteiger partial charge >= 0.3 is 5.88 Å². The average Bonchev–Trinajstić information content (AvgIpc) is 2.84. The van der Waals surface area contributed by atoms with Crippen molar-refractivity contribution in [2.24, 2.45) is 0 Å². The maximum atomic E-state index is 11.6. The summed E-state index contributed by atoms with van der Waals surface area (Å²) in [5, 5.41) is 13.4. The summed E-state index contributed by atoms with van der Waals surface area (Å²) in [5.74, 6) is -0.00166. The molecule has 0 saturated carbocycles. The molecule has 0 aliphatic heterocycles. The van der Waals surface area contributed by atoms with Gasteiger partial charge in [0.2, 0.25) is 0 Å². The molecule has 0 aliphatic carbocycles. The zero-order valence-electron chi connectivity index (χ0n) is 10.6. The maximum absolute atomic E-state index is 11.6. The Labute approximate surface area is 115 Å². The number of nitrogens with zero attached hydrogens (tertiary/aromatic N) is 1. The van der Waals surface area contributed by atoms with Crippen molar-refractivity contribution < 1.29 is 17.8 Å². The van der Waals surface area contributed by atoms with Gasteiger partial charge in [-0.15, -0.1) is 0 Å². The minimum atomic E-state index is -3.35. The van der Waals surface area contributed by atoms with Crippen LogP contribution in [0.1, 0.15) is 5.76 Å². The van der Waals surface area contributed by atoms with E-state index in [-0.39, 0.29) is 17.3 Å². The van der Waals surface area contributed by atoms with E-state index in [1.54, 1.807) is 18.2 Å². The Hall–Kier alpha value is -2.35. The number of anilines is 1. The lowest BCUT2D eigenvalue weighted by Crippen LogP contribution is -2.05. The molecule has 1 heterocycles. The van der Waals surface area contributed by atoms with Gasteiger partial charge in [-0.05, 0) is 18.2 Å². The molecular weight excluding hydrogens is 284 g/mol. The van der Waals surface area contributed by atoms with Gasteiger partial charge in [0, 0.05) is 6.26 Å². The molecule has 0 aliphatic rings. The zero-order chi connectivity index (χ0) is 14.8. The maximum Gasteiger partial charge on any atom is 0.433 e. The number of nitrogens with one attached hydrogen (secondary N) is 1. The fourth-order valence-corrected chi connectivity index (χ4v) is 2.54.